The number of ether oxygens (including phenoxy) is 1. The summed E-state index contributed by atoms with van der Waals surface area (Å²) in [5.74, 6) is -0.516. The Hall–Kier alpha value is -1.40. The van der Waals surface area contributed by atoms with Crippen LogP contribution in [0.25, 0.3) is 0 Å². The van der Waals surface area contributed by atoms with E-state index in [4.69, 9.17) is 4.74 Å². The fraction of sp³-hybridized carbons (Fsp3) is 0.625. The predicted octanol–water partition coefficient (Wildman–Crippen LogP) is 2.00. The highest BCUT2D eigenvalue weighted by molar-refractivity contribution is 7.14. The Morgan fingerprint density at radius 1 is 1.32 bits per heavy atom. The molecule has 6 heteroatoms. The van der Waals surface area contributed by atoms with E-state index < -0.39 is 11.9 Å². The third-order valence-corrected chi connectivity index (χ3v) is 6.26. The molecule has 2 atom stereocenters. The van der Waals surface area contributed by atoms with Gasteiger partial charge in [0, 0.05) is 24.4 Å². The third kappa shape index (κ3) is 2.44. The lowest BCUT2D eigenvalue weighted by molar-refractivity contribution is -0.142. The summed E-state index contributed by atoms with van der Waals surface area (Å²) in [6, 6.07) is 1.93. The summed E-state index contributed by atoms with van der Waals surface area (Å²) in [6.07, 6.45) is 3.10. The molecule has 1 saturated carbocycles. The van der Waals surface area contributed by atoms with Crippen LogP contribution in [-0.2, 0) is 22.6 Å². The minimum Gasteiger partial charge on any atom is -0.481 e. The second-order valence-electron chi connectivity index (χ2n) is 6.52. The Labute approximate surface area is 132 Å². The van der Waals surface area contributed by atoms with Gasteiger partial charge in [0.25, 0.3) is 5.91 Å². The van der Waals surface area contributed by atoms with Crippen LogP contribution in [0.1, 0.15) is 33.0 Å². The topological polar surface area (TPSA) is 66.8 Å². The van der Waals surface area contributed by atoms with Gasteiger partial charge < -0.3 is 14.7 Å². The molecule has 3 heterocycles. The van der Waals surface area contributed by atoms with Crippen molar-refractivity contribution in [2.75, 3.05) is 19.7 Å². The van der Waals surface area contributed by atoms with Crippen molar-refractivity contribution in [3.8, 4) is 0 Å². The zero-order valence-corrected chi connectivity index (χ0v) is 13.1. The first kappa shape index (κ1) is 14.2. The Morgan fingerprint density at radius 2 is 2.14 bits per heavy atom. The van der Waals surface area contributed by atoms with Crippen molar-refractivity contribution in [3.63, 3.8) is 0 Å². The molecule has 1 aromatic rings. The van der Waals surface area contributed by atoms with Gasteiger partial charge in [-0.15, -0.1) is 11.3 Å². The minimum atomic E-state index is -0.758. The standard InChI is InChI=1S/C16H19NO4S/c18-15(14-5-10-8-21-4-3-13(10)22-14)17-6-11(9-1-2-9)12(7-17)16(19)20/h5,9,11-12H,1-4,6-8H2,(H,19,20)/t11-,12+/m1/s1. The van der Waals surface area contributed by atoms with Crippen molar-refractivity contribution in [2.45, 2.75) is 25.9 Å². The lowest BCUT2D eigenvalue weighted by atomic mass is 9.92. The molecular weight excluding hydrogens is 302 g/mol. The average Bonchev–Trinajstić information content (AvgIpc) is 3.11. The highest BCUT2D eigenvalue weighted by Crippen LogP contribution is 2.44. The Kier molecular flexibility index (Phi) is 3.46. The molecule has 2 fully saturated rings. The van der Waals surface area contributed by atoms with E-state index in [1.54, 1.807) is 16.2 Å². The molecular formula is C16H19NO4S. The normalized spacial score (nSPS) is 27.7. The maximum Gasteiger partial charge on any atom is 0.308 e. The molecule has 0 bridgehead atoms. The van der Waals surface area contributed by atoms with Gasteiger partial charge in [-0.2, -0.15) is 0 Å². The minimum absolute atomic E-state index is 0.00574. The van der Waals surface area contributed by atoms with Gasteiger partial charge in [-0.1, -0.05) is 0 Å². The van der Waals surface area contributed by atoms with Crippen molar-refractivity contribution in [2.24, 2.45) is 17.8 Å². The van der Waals surface area contributed by atoms with Crippen molar-refractivity contribution in [1.29, 1.82) is 0 Å². The predicted molar refractivity (Wildman–Crippen MR) is 80.9 cm³/mol. The van der Waals surface area contributed by atoms with E-state index in [0.29, 0.717) is 25.6 Å². The third-order valence-electron chi connectivity index (χ3n) is 5.04. The SMILES string of the molecule is O=C(O)[C@H]1CN(C(=O)c2cc3c(s2)CCOC3)C[C@@H]1C1CC1. The summed E-state index contributed by atoms with van der Waals surface area (Å²) in [6.45, 7) is 2.26. The van der Waals surface area contributed by atoms with E-state index in [9.17, 15) is 14.7 Å². The number of carbonyl (C=O) groups excluding carboxylic acids is 1. The van der Waals surface area contributed by atoms with Gasteiger partial charge in [0.15, 0.2) is 0 Å². The fourth-order valence-electron chi connectivity index (χ4n) is 3.67. The smallest absolute Gasteiger partial charge is 0.308 e. The van der Waals surface area contributed by atoms with E-state index in [0.717, 1.165) is 36.3 Å². The van der Waals surface area contributed by atoms with Crippen LogP contribution in [0, 0.1) is 17.8 Å². The Morgan fingerprint density at radius 3 is 2.82 bits per heavy atom. The second kappa shape index (κ2) is 5.35. The van der Waals surface area contributed by atoms with Gasteiger partial charge in [0.2, 0.25) is 0 Å². The van der Waals surface area contributed by atoms with Crippen LogP contribution >= 0.6 is 11.3 Å². The zero-order valence-electron chi connectivity index (χ0n) is 12.3. The summed E-state index contributed by atoms with van der Waals surface area (Å²) in [7, 11) is 0. The van der Waals surface area contributed by atoms with Crippen molar-refractivity contribution in [3.05, 3.63) is 21.4 Å². The summed E-state index contributed by atoms with van der Waals surface area (Å²) in [5, 5.41) is 9.41. The van der Waals surface area contributed by atoms with Crippen molar-refractivity contribution < 1.29 is 19.4 Å². The molecule has 22 heavy (non-hydrogen) atoms. The summed E-state index contributed by atoms with van der Waals surface area (Å²) in [5.41, 5.74) is 1.12. The maximum absolute atomic E-state index is 12.7. The zero-order chi connectivity index (χ0) is 15.3. The van der Waals surface area contributed by atoms with Gasteiger partial charge in [-0.05, 0) is 36.3 Å². The van der Waals surface area contributed by atoms with Crippen LogP contribution in [0.4, 0.5) is 0 Å². The summed E-state index contributed by atoms with van der Waals surface area (Å²) in [4.78, 5) is 27.9. The van der Waals surface area contributed by atoms with Gasteiger partial charge >= 0.3 is 5.97 Å². The quantitative estimate of drug-likeness (QED) is 0.925. The second-order valence-corrected chi connectivity index (χ2v) is 7.65. The van der Waals surface area contributed by atoms with Gasteiger partial charge in [0.1, 0.15) is 0 Å². The molecule has 0 aromatic carbocycles. The van der Waals surface area contributed by atoms with Crippen LogP contribution in [-0.4, -0.2) is 41.6 Å². The number of amides is 1. The molecule has 1 aromatic heterocycles. The van der Waals surface area contributed by atoms with E-state index in [1.807, 2.05) is 6.07 Å². The van der Waals surface area contributed by atoms with Crippen LogP contribution in [0.3, 0.4) is 0 Å². The largest absolute Gasteiger partial charge is 0.481 e. The van der Waals surface area contributed by atoms with E-state index in [2.05, 4.69) is 0 Å². The molecule has 1 aliphatic carbocycles. The lowest BCUT2D eigenvalue weighted by Crippen LogP contribution is -2.29. The number of carboxylic acid groups (broad SMARTS) is 1. The molecule has 3 aliphatic rings. The number of carbonyl (C=O) groups is 2. The molecule has 1 saturated heterocycles. The monoisotopic (exact) mass is 321 g/mol. The van der Waals surface area contributed by atoms with Crippen LogP contribution in [0.5, 0.6) is 0 Å². The van der Waals surface area contributed by atoms with E-state index in [1.165, 1.54) is 4.88 Å². The van der Waals surface area contributed by atoms with Crippen LogP contribution < -0.4 is 0 Å². The van der Waals surface area contributed by atoms with Gasteiger partial charge in [0.05, 0.1) is 24.0 Å². The molecule has 2 aliphatic heterocycles. The van der Waals surface area contributed by atoms with Crippen LogP contribution in [0.2, 0.25) is 0 Å². The number of fused-ring (bicyclic) bond motifs is 1. The van der Waals surface area contributed by atoms with E-state index in [-0.39, 0.29) is 11.8 Å². The van der Waals surface area contributed by atoms with E-state index >= 15 is 0 Å². The highest BCUT2D eigenvalue weighted by atomic mass is 32.1. The molecule has 0 radical (unpaired) electrons. The first-order chi connectivity index (χ1) is 10.6. The molecule has 4 rings (SSSR count). The first-order valence-electron chi connectivity index (χ1n) is 7.85. The maximum atomic E-state index is 12.7. The molecule has 1 N–H and O–H groups in total. The molecule has 1 amide bonds. The van der Waals surface area contributed by atoms with Crippen molar-refractivity contribution >= 4 is 23.2 Å². The number of hydrogen-bond donors (Lipinski definition) is 1. The number of nitrogens with zero attached hydrogens (tertiary/aromatic N) is 1. The summed E-state index contributed by atoms with van der Waals surface area (Å²) < 4.78 is 5.42. The van der Waals surface area contributed by atoms with Crippen LogP contribution in [0.15, 0.2) is 6.07 Å². The number of carboxylic acids is 1. The van der Waals surface area contributed by atoms with Gasteiger partial charge in [-0.3, -0.25) is 9.59 Å². The molecule has 0 spiro atoms. The summed E-state index contributed by atoms with van der Waals surface area (Å²) >= 11 is 1.55. The Balaban J connectivity index is 1.53. The number of rotatable bonds is 3. The molecule has 5 nitrogen and oxygen atoms in total. The molecule has 118 valence electrons. The molecule has 0 unspecified atom stereocenters. The number of aliphatic carboxylic acids is 1. The fourth-order valence-corrected chi connectivity index (χ4v) is 4.78. The Bertz CT molecular complexity index is 598. The first-order valence-corrected chi connectivity index (χ1v) is 8.66. The number of hydrogen-bond acceptors (Lipinski definition) is 4. The number of thiophene rings is 1. The average molecular weight is 321 g/mol. The van der Waals surface area contributed by atoms with Crippen molar-refractivity contribution in [1.82, 2.24) is 4.90 Å². The highest BCUT2D eigenvalue weighted by Gasteiger charge is 2.47. The number of likely N-dealkylation sites (tertiary alicyclic amines) is 1. The van der Waals surface area contributed by atoms with Gasteiger partial charge in [-0.25, -0.2) is 0 Å². The lowest BCUT2D eigenvalue weighted by Gasteiger charge is -2.15.